The second kappa shape index (κ2) is 8.64. The zero-order valence-corrected chi connectivity index (χ0v) is 17.8. The number of fused-ring (bicyclic) bond motifs is 1. The van der Waals surface area contributed by atoms with Crippen LogP contribution in [0.1, 0.15) is 63.1 Å². The molecule has 7 nitrogen and oxygen atoms in total. The van der Waals surface area contributed by atoms with E-state index >= 15 is 0 Å². The first kappa shape index (κ1) is 21.9. The quantitative estimate of drug-likeness (QED) is 0.734. The molecule has 31 heavy (non-hydrogen) atoms. The molecule has 0 bridgehead atoms. The summed E-state index contributed by atoms with van der Waals surface area (Å²) in [4.78, 5) is 18.8. The molecule has 4 rings (SSSR count). The Kier molecular flexibility index (Phi) is 6.09. The van der Waals surface area contributed by atoms with Crippen LogP contribution in [-0.4, -0.2) is 57.8 Å². The molecule has 4 heterocycles. The summed E-state index contributed by atoms with van der Waals surface area (Å²) >= 11 is 0. The maximum atomic E-state index is 13.9. The molecule has 2 aliphatic rings. The Morgan fingerprint density at radius 1 is 1.32 bits per heavy atom. The first-order chi connectivity index (χ1) is 14.7. The SMILES string of the molecule is CC(C)Nc1n[nH]c2nc(C3CCN(C(=O)C[C@@H]4CCCO4)CC3)cc(C(F)(F)F)c12. The van der Waals surface area contributed by atoms with Gasteiger partial charge in [-0.3, -0.25) is 9.89 Å². The van der Waals surface area contributed by atoms with Gasteiger partial charge in [-0.15, -0.1) is 0 Å². The molecule has 0 radical (unpaired) electrons. The van der Waals surface area contributed by atoms with Gasteiger partial charge in [0, 0.05) is 37.4 Å². The molecule has 2 fully saturated rings. The zero-order chi connectivity index (χ0) is 22.2. The van der Waals surface area contributed by atoms with E-state index in [4.69, 9.17) is 4.74 Å². The lowest BCUT2D eigenvalue weighted by Gasteiger charge is -2.32. The average molecular weight is 439 g/mol. The number of likely N-dealkylation sites (tertiary alicyclic amines) is 1. The van der Waals surface area contributed by atoms with Crippen LogP contribution in [0, 0.1) is 0 Å². The first-order valence-electron chi connectivity index (χ1n) is 10.8. The van der Waals surface area contributed by atoms with Gasteiger partial charge in [0.15, 0.2) is 11.5 Å². The molecule has 1 atom stereocenters. The smallest absolute Gasteiger partial charge is 0.378 e. The van der Waals surface area contributed by atoms with Crippen LogP contribution in [0.3, 0.4) is 0 Å². The summed E-state index contributed by atoms with van der Waals surface area (Å²) in [6.07, 6.45) is -1.09. The highest BCUT2D eigenvalue weighted by Crippen LogP contribution is 2.39. The van der Waals surface area contributed by atoms with Crippen molar-refractivity contribution in [3.8, 4) is 0 Å². The molecule has 0 aromatic carbocycles. The number of nitrogens with one attached hydrogen (secondary N) is 2. The number of amides is 1. The number of ether oxygens (including phenoxy) is 1. The number of aromatic amines is 1. The summed E-state index contributed by atoms with van der Waals surface area (Å²) in [5.41, 5.74) is -0.211. The zero-order valence-electron chi connectivity index (χ0n) is 17.8. The van der Waals surface area contributed by atoms with Gasteiger partial charge in [-0.25, -0.2) is 4.98 Å². The Hall–Kier alpha value is -2.36. The fourth-order valence-electron chi connectivity index (χ4n) is 4.41. The number of pyridine rings is 1. The normalized spacial score (nSPS) is 20.7. The Balaban J connectivity index is 1.51. The highest BCUT2D eigenvalue weighted by atomic mass is 19.4. The van der Waals surface area contributed by atoms with Crippen molar-refractivity contribution in [2.45, 2.75) is 70.2 Å². The standard InChI is InChI=1S/C21H28F3N5O2/c1-12(2)25-19-18-15(21(22,23)24)11-16(26-20(18)28-27-19)13-5-7-29(8-6-13)17(30)10-14-4-3-9-31-14/h11-14H,3-10H2,1-2H3,(H2,25,26,27,28)/t14-/m0/s1. The molecule has 170 valence electrons. The third-order valence-electron chi connectivity index (χ3n) is 5.97. The van der Waals surface area contributed by atoms with Crippen LogP contribution in [0.5, 0.6) is 0 Å². The number of carbonyl (C=O) groups excluding carboxylic acids is 1. The van der Waals surface area contributed by atoms with Crippen molar-refractivity contribution in [1.82, 2.24) is 20.1 Å². The lowest BCUT2D eigenvalue weighted by molar-refractivity contribution is -0.136. The number of halogens is 3. The number of carbonyl (C=O) groups is 1. The molecule has 2 aromatic heterocycles. The van der Waals surface area contributed by atoms with Crippen molar-refractivity contribution >= 4 is 22.8 Å². The van der Waals surface area contributed by atoms with Gasteiger partial charge in [0.25, 0.3) is 0 Å². The van der Waals surface area contributed by atoms with E-state index in [0.29, 0.717) is 44.7 Å². The van der Waals surface area contributed by atoms with Crippen molar-refractivity contribution in [1.29, 1.82) is 0 Å². The monoisotopic (exact) mass is 439 g/mol. The third kappa shape index (κ3) is 4.78. The van der Waals surface area contributed by atoms with Gasteiger partial charge in [0.2, 0.25) is 5.91 Å². The Morgan fingerprint density at radius 3 is 2.68 bits per heavy atom. The number of hydrogen-bond acceptors (Lipinski definition) is 5. The molecule has 2 aliphatic heterocycles. The van der Waals surface area contributed by atoms with E-state index in [1.54, 1.807) is 4.90 Å². The number of aromatic nitrogens is 3. The highest BCUT2D eigenvalue weighted by molar-refractivity contribution is 5.91. The van der Waals surface area contributed by atoms with E-state index < -0.39 is 11.7 Å². The summed E-state index contributed by atoms with van der Waals surface area (Å²) in [6, 6.07) is 1.08. The van der Waals surface area contributed by atoms with Gasteiger partial charge in [0.1, 0.15) is 0 Å². The van der Waals surface area contributed by atoms with Crippen LogP contribution in [0.15, 0.2) is 6.07 Å². The second-order valence-electron chi connectivity index (χ2n) is 8.68. The van der Waals surface area contributed by atoms with Crippen molar-refractivity contribution in [2.75, 3.05) is 25.0 Å². The Morgan fingerprint density at radius 2 is 2.06 bits per heavy atom. The van der Waals surface area contributed by atoms with Gasteiger partial charge >= 0.3 is 6.18 Å². The van der Waals surface area contributed by atoms with Crippen molar-refractivity contribution in [3.05, 3.63) is 17.3 Å². The number of alkyl halides is 3. The summed E-state index contributed by atoms with van der Waals surface area (Å²) in [6.45, 7) is 5.41. The van der Waals surface area contributed by atoms with Gasteiger partial charge < -0.3 is 15.0 Å². The third-order valence-corrected chi connectivity index (χ3v) is 5.97. The molecule has 2 N–H and O–H groups in total. The fourth-order valence-corrected chi connectivity index (χ4v) is 4.41. The Bertz CT molecular complexity index is 929. The van der Waals surface area contributed by atoms with Gasteiger partial charge in [-0.05, 0) is 45.6 Å². The molecule has 2 aromatic rings. The largest absolute Gasteiger partial charge is 0.417 e. The fraction of sp³-hybridized carbons (Fsp3) is 0.667. The topological polar surface area (TPSA) is 83.1 Å². The molecular formula is C21H28F3N5O2. The lowest BCUT2D eigenvalue weighted by Crippen LogP contribution is -2.39. The lowest BCUT2D eigenvalue weighted by atomic mass is 9.91. The van der Waals surface area contributed by atoms with Gasteiger partial charge in [0.05, 0.1) is 23.5 Å². The molecule has 0 spiro atoms. The highest BCUT2D eigenvalue weighted by Gasteiger charge is 2.37. The summed E-state index contributed by atoms with van der Waals surface area (Å²) in [5, 5.41) is 9.58. The molecule has 1 amide bonds. The maximum Gasteiger partial charge on any atom is 0.417 e. The van der Waals surface area contributed by atoms with E-state index in [1.165, 1.54) is 0 Å². The summed E-state index contributed by atoms with van der Waals surface area (Å²) in [5.74, 6) is 0.0794. The first-order valence-corrected chi connectivity index (χ1v) is 10.8. The molecule has 0 aliphatic carbocycles. The predicted molar refractivity (Wildman–Crippen MR) is 110 cm³/mol. The van der Waals surface area contributed by atoms with Crippen LogP contribution < -0.4 is 5.32 Å². The van der Waals surface area contributed by atoms with Gasteiger partial charge in [-0.1, -0.05) is 0 Å². The van der Waals surface area contributed by atoms with Crippen LogP contribution in [0.2, 0.25) is 0 Å². The van der Waals surface area contributed by atoms with Crippen LogP contribution in [0.4, 0.5) is 19.0 Å². The molecule has 2 saturated heterocycles. The minimum absolute atomic E-state index is 0.00216. The van der Waals surface area contributed by atoms with Crippen molar-refractivity contribution in [2.24, 2.45) is 0 Å². The molecule has 0 saturated carbocycles. The number of hydrogen-bond donors (Lipinski definition) is 2. The van der Waals surface area contributed by atoms with Gasteiger partial charge in [-0.2, -0.15) is 18.3 Å². The van der Waals surface area contributed by atoms with Crippen molar-refractivity contribution in [3.63, 3.8) is 0 Å². The van der Waals surface area contributed by atoms with E-state index in [0.717, 1.165) is 18.9 Å². The Labute approximate surface area is 178 Å². The number of rotatable bonds is 5. The van der Waals surface area contributed by atoms with E-state index in [-0.39, 0.29) is 40.8 Å². The molecule has 10 heteroatoms. The summed E-state index contributed by atoms with van der Waals surface area (Å²) < 4.78 is 47.1. The predicted octanol–water partition coefficient (Wildman–Crippen LogP) is 4.07. The number of piperidine rings is 1. The maximum absolute atomic E-state index is 13.9. The average Bonchev–Trinajstić information content (AvgIpc) is 3.36. The molecule has 0 unspecified atom stereocenters. The van der Waals surface area contributed by atoms with E-state index in [9.17, 15) is 18.0 Å². The van der Waals surface area contributed by atoms with Crippen LogP contribution in [0.25, 0.3) is 11.0 Å². The van der Waals surface area contributed by atoms with Crippen LogP contribution >= 0.6 is 0 Å². The minimum atomic E-state index is -4.52. The summed E-state index contributed by atoms with van der Waals surface area (Å²) in [7, 11) is 0. The van der Waals surface area contributed by atoms with E-state index in [1.807, 2.05) is 13.8 Å². The second-order valence-corrected chi connectivity index (χ2v) is 8.68. The number of nitrogens with zero attached hydrogens (tertiary/aromatic N) is 3. The number of H-pyrrole nitrogens is 1. The van der Waals surface area contributed by atoms with Crippen LogP contribution in [-0.2, 0) is 15.7 Å². The van der Waals surface area contributed by atoms with Crippen molar-refractivity contribution < 1.29 is 22.7 Å². The number of anilines is 1. The minimum Gasteiger partial charge on any atom is -0.378 e. The van der Waals surface area contributed by atoms with E-state index in [2.05, 4.69) is 20.5 Å². The molecular weight excluding hydrogens is 411 g/mol.